The molecule has 0 atom stereocenters. The third kappa shape index (κ3) is 2.54. The minimum atomic E-state index is 0.395. The number of anilines is 1. The number of hydrogen-bond acceptors (Lipinski definition) is 3. The summed E-state index contributed by atoms with van der Waals surface area (Å²) in [5.41, 5.74) is 9.89. The van der Waals surface area contributed by atoms with Crippen molar-refractivity contribution >= 4 is 31.3 Å². The van der Waals surface area contributed by atoms with Gasteiger partial charge in [0.1, 0.15) is 14.1 Å². The molecule has 0 fully saturated rings. The van der Waals surface area contributed by atoms with Crippen molar-refractivity contribution in [3.8, 4) is 11.5 Å². The molecule has 0 aliphatic rings. The molecule has 0 spiro atoms. The largest absolute Gasteiger partial charge is 0.381 e. The predicted molar refractivity (Wildman–Crippen MR) is 57.4 cm³/mol. The van der Waals surface area contributed by atoms with Crippen molar-refractivity contribution in [3.05, 3.63) is 16.0 Å². The van der Waals surface area contributed by atoms with Gasteiger partial charge in [0.2, 0.25) is 0 Å². The van der Waals surface area contributed by atoms with Crippen molar-refractivity contribution in [1.82, 2.24) is 9.97 Å². The SMILES string of the molecule is C[Si]C#Cc1nc(Br)c(C)nc1N. The highest BCUT2D eigenvalue weighted by Gasteiger charge is 2.03. The summed E-state index contributed by atoms with van der Waals surface area (Å²) in [4.78, 5) is 8.26. The minimum Gasteiger partial charge on any atom is -0.381 e. The van der Waals surface area contributed by atoms with Crippen molar-refractivity contribution < 1.29 is 0 Å². The van der Waals surface area contributed by atoms with E-state index in [2.05, 4.69) is 37.4 Å². The Bertz CT molecular complexity index is 381. The van der Waals surface area contributed by atoms with E-state index in [0.717, 1.165) is 5.69 Å². The molecule has 3 nitrogen and oxygen atoms in total. The molecule has 0 unspecified atom stereocenters. The highest BCUT2D eigenvalue weighted by molar-refractivity contribution is 9.10. The van der Waals surface area contributed by atoms with E-state index >= 15 is 0 Å². The first-order chi connectivity index (χ1) is 6.15. The maximum absolute atomic E-state index is 5.64. The van der Waals surface area contributed by atoms with Crippen molar-refractivity contribution in [3.63, 3.8) is 0 Å². The van der Waals surface area contributed by atoms with Crippen LogP contribution in [0.15, 0.2) is 4.60 Å². The number of halogens is 1. The Hall–Kier alpha value is -0.863. The predicted octanol–water partition coefficient (Wildman–Crippen LogP) is 1.19. The molecular formula is C8H8BrN3Si. The van der Waals surface area contributed by atoms with Gasteiger partial charge >= 0.3 is 0 Å². The number of hydrogen-bond donors (Lipinski definition) is 1. The molecular weight excluding hydrogens is 246 g/mol. The molecule has 1 rings (SSSR count). The first-order valence-electron chi connectivity index (χ1n) is 3.62. The second kappa shape index (κ2) is 4.39. The van der Waals surface area contributed by atoms with E-state index in [-0.39, 0.29) is 0 Å². The highest BCUT2D eigenvalue weighted by atomic mass is 79.9. The summed E-state index contributed by atoms with van der Waals surface area (Å²) < 4.78 is 0.699. The summed E-state index contributed by atoms with van der Waals surface area (Å²) in [5.74, 6) is 3.26. The molecule has 2 radical (unpaired) electrons. The number of nitrogens with zero attached hydrogens (tertiary/aromatic N) is 2. The lowest BCUT2D eigenvalue weighted by atomic mass is 10.4. The van der Waals surface area contributed by atoms with E-state index in [9.17, 15) is 0 Å². The van der Waals surface area contributed by atoms with Gasteiger partial charge in [-0.1, -0.05) is 12.5 Å². The number of aromatic nitrogens is 2. The number of nitrogen functional groups attached to an aromatic ring is 1. The fourth-order valence-electron chi connectivity index (χ4n) is 0.730. The van der Waals surface area contributed by atoms with E-state index in [4.69, 9.17) is 5.73 Å². The lowest BCUT2D eigenvalue weighted by Gasteiger charge is -2.00. The lowest BCUT2D eigenvalue weighted by molar-refractivity contribution is 1.08. The van der Waals surface area contributed by atoms with Gasteiger partial charge in [0.05, 0.1) is 5.69 Å². The van der Waals surface area contributed by atoms with Crippen LogP contribution in [-0.2, 0) is 0 Å². The molecule has 0 aliphatic heterocycles. The molecule has 0 aliphatic carbocycles. The standard InChI is InChI=1S/C8H8BrN3Si/c1-5-7(9)12-6(3-4-13-2)8(10)11-5/h1-2H3,(H2,10,11). The highest BCUT2D eigenvalue weighted by Crippen LogP contribution is 2.14. The number of rotatable bonds is 0. The third-order valence-corrected chi connectivity index (χ3v) is 2.47. The smallest absolute Gasteiger partial charge is 0.158 e. The summed E-state index contributed by atoms with van der Waals surface area (Å²) >= 11 is 3.28. The maximum Gasteiger partial charge on any atom is 0.158 e. The normalized spacial score (nSPS) is 9.15. The van der Waals surface area contributed by atoms with Crippen molar-refractivity contribution in [2.45, 2.75) is 13.5 Å². The third-order valence-electron chi connectivity index (χ3n) is 1.35. The van der Waals surface area contributed by atoms with Gasteiger partial charge in [-0.05, 0) is 22.9 Å². The van der Waals surface area contributed by atoms with Gasteiger partial charge in [-0.3, -0.25) is 0 Å². The van der Waals surface area contributed by atoms with E-state index in [0.29, 0.717) is 25.6 Å². The average molecular weight is 254 g/mol. The number of nitrogens with two attached hydrogens (primary N) is 1. The molecule has 0 aromatic carbocycles. The van der Waals surface area contributed by atoms with Crippen LogP contribution in [0.5, 0.6) is 0 Å². The van der Waals surface area contributed by atoms with Crippen LogP contribution in [-0.4, -0.2) is 19.5 Å². The minimum absolute atomic E-state index is 0.395. The van der Waals surface area contributed by atoms with Crippen LogP contribution < -0.4 is 5.73 Å². The molecule has 5 heteroatoms. The molecule has 1 heterocycles. The zero-order valence-corrected chi connectivity index (χ0v) is 9.94. The summed E-state index contributed by atoms with van der Waals surface area (Å²) in [6.45, 7) is 3.84. The Morgan fingerprint density at radius 1 is 1.46 bits per heavy atom. The summed E-state index contributed by atoms with van der Waals surface area (Å²) in [6.07, 6.45) is 0. The molecule has 0 saturated heterocycles. The Balaban J connectivity index is 3.16. The zero-order chi connectivity index (χ0) is 9.84. The van der Waals surface area contributed by atoms with Crippen LogP contribution in [0.3, 0.4) is 0 Å². The van der Waals surface area contributed by atoms with Crippen LogP contribution in [0.1, 0.15) is 11.4 Å². The molecule has 0 amide bonds. The molecule has 2 N–H and O–H groups in total. The van der Waals surface area contributed by atoms with Gasteiger partial charge in [-0.2, -0.15) is 0 Å². The maximum atomic E-state index is 5.64. The van der Waals surface area contributed by atoms with E-state index < -0.39 is 0 Å². The van der Waals surface area contributed by atoms with Crippen molar-refractivity contribution in [1.29, 1.82) is 0 Å². The van der Waals surface area contributed by atoms with Gasteiger partial charge in [-0.25, -0.2) is 9.97 Å². The van der Waals surface area contributed by atoms with E-state index in [1.54, 1.807) is 0 Å². The fourth-order valence-corrected chi connectivity index (χ4v) is 1.24. The zero-order valence-electron chi connectivity index (χ0n) is 7.35. The summed E-state index contributed by atoms with van der Waals surface area (Å²) in [5, 5.41) is 0. The first kappa shape index (κ1) is 10.2. The van der Waals surface area contributed by atoms with Crippen LogP contribution in [0, 0.1) is 18.4 Å². The Kier molecular flexibility index (Phi) is 3.45. The molecule has 1 aromatic rings. The molecule has 1 aromatic heterocycles. The molecule has 66 valence electrons. The first-order valence-corrected chi connectivity index (χ1v) is 5.92. The molecule has 0 saturated carbocycles. The summed E-state index contributed by atoms with van der Waals surface area (Å²) in [7, 11) is 0.574. The quantitative estimate of drug-likeness (QED) is 0.559. The van der Waals surface area contributed by atoms with Gasteiger partial charge in [0.15, 0.2) is 11.5 Å². The topological polar surface area (TPSA) is 51.8 Å². The molecule has 0 bridgehead atoms. The van der Waals surface area contributed by atoms with Crippen LogP contribution >= 0.6 is 15.9 Å². The van der Waals surface area contributed by atoms with Crippen LogP contribution in [0.25, 0.3) is 0 Å². The van der Waals surface area contributed by atoms with Gasteiger partial charge in [-0.15, -0.1) is 5.54 Å². The average Bonchev–Trinajstić information content (AvgIpc) is 2.09. The van der Waals surface area contributed by atoms with Crippen molar-refractivity contribution in [2.24, 2.45) is 0 Å². The van der Waals surface area contributed by atoms with Gasteiger partial charge < -0.3 is 5.73 Å². The Labute approximate surface area is 88.1 Å². The monoisotopic (exact) mass is 253 g/mol. The summed E-state index contributed by atoms with van der Waals surface area (Å²) in [6, 6.07) is 0. The van der Waals surface area contributed by atoms with E-state index in [1.165, 1.54) is 0 Å². The van der Waals surface area contributed by atoms with E-state index in [1.807, 2.05) is 13.5 Å². The molecule has 13 heavy (non-hydrogen) atoms. The Morgan fingerprint density at radius 2 is 2.15 bits per heavy atom. The van der Waals surface area contributed by atoms with Gasteiger partial charge in [0.25, 0.3) is 0 Å². The number of aryl methyl sites for hydroxylation is 1. The fraction of sp³-hybridized carbons (Fsp3) is 0.250. The van der Waals surface area contributed by atoms with Crippen LogP contribution in [0.4, 0.5) is 5.82 Å². The van der Waals surface area contributed by atoms with Gasteiger partial charge in [0, 0.05) is 0 Å². The second-order valence-electron chi connectivity index (χ2n) is 2.33. The second-order valence-corrected chi connectivity index (χ2v) is 3.83. The van der Waals surface area contributed by atoms with Crippen molar-refractivity contribution in [2.75, 3.05) is 5.73 Å². The lowest BCUT2D eigenvalue weighted by Crippen LogP contribution is -2.01. The Morgan fingerprint density at radius 3 is 2.77 bits per heavy atom. The van der Waals surface area contributed by atoms with Crippen LogP contribution in [0.2, 0.25) is 6.55 Å².